The molecule has 98 valence electrons. The molecular formula is C13H13N3O3. The van der Waals surface area contributed by atoms with E-state index >= 15 is 0 Å². The molecule has 2 rings (SSSR count). The van der Waals surface area contributed by atoms with Crippen LogP contribution in [0.4, 0.5) is 0 Å². The van der Waals surface area contributed by atoms with Crippen LogP contribution in [0, 0.1) is 0 Å². The van der Waals surface area contributed by atoms with Gasteiger partial charge in [-0.2, -0.15) is 4.98 Å². The van der Waals surface area contributed by atoms with E-state index in [-0.39, 0.29) is 17.2 Å². The van der Waals surface area contributed by atoms with Crippen LogP contribution >= 0.6 is 0 Å². The highest BCUT2D eigenvalue weighted by molar-refractivity contribution is 5.95. The lowest BCUT2D eigenvalue weighted by molar-refractivity contribution is 0.0695. The number of aromatic nitrogens is 3. The number of nitrogens with zero attached hydrogens (tertiary/aromatic N) is 2. The summed E-state index contributed by atoms with van der Waals surface area (Å²) in [6, 6.07) is 3.34. The Bertz CT molecular complexity index is 663. The Morgan fingerprint density at radius 1 is 1.42 bits per heavy atom. The van der Waals surface area contributed by atoms with Gasteiger partial charge in [-0.1, -0.05) is 13.8 Å². The molecule has 2 heterocycles. The molecule has 6 nitrogen and oxygen atoms in total. The van der Waals surface area contributed by atoms with Crippen molar-refractivity contribution in [2.75, 3.05) is 0 Å². The number of hydrogen-bond acceptors (Lipinski definition) is 4. The van der Waals surface area contributed by atoms with Crippen LogP contribution in [0.1, 0.15) is 35.8 Å². The third kappa shape index (κ3) is 2.52. The smallest absolute Gasteiger partial charge is 0.345 e. The summed E-state index contributed by atoms with van der Waals surface area (Å²) in [5.41, 5.74) is 0.474. The van der Waals surface area contributed by atoms with E-state index in [0.717, 1.165) is 0 Å². The summed E-state index contributed by atoms with van der Waals surface area (Å²) >= 11 is 0. The molecule has 0 spiro atoms. The van der Waals surface area contributed by atoms with E-state index in [9.17, 15) is 14.7 Å². The maximum Gasteiger partial charge on any atom is 0.345 e. The summed E-state index contributed by atoms with van der Waals surface area (Å²) in [5, 5.41) is 9.37. The first-order chi connectivity index (χ1) is 9.00. The van der Waals surface area contributed by atoms with Crippen LogP contribution in [0.3, 0.4) is 0 Å². The molecule has 0 radical (unpaired) electrons. The molecule has 0 unspecified atom stereocenters. The zero-order valence-electron chi connectivity index (χ0n) is 10.5. The molecule has 19 heavy (non-hydrogen) atoms. The van der Waals surface area contributed by atoms with E-state index < -0.39 is 11.7 Å². The third-order valence-corrected chi connectivity index (χ3v) is 2.69. The normalized spacial score (nSPS) is 10.7. The quantitative estimate of drug-likeness (QED) is 0.873. The predicted octanol–water partition coefficient (Wildman–Crippen LogP) is 1.65. The average Bonchev–Trinajstić information content (AvgIpc) is 2.38. The van der Waals surface area contributed by atoms with Crippen molar-refractivity contribution in [3.05, 3.63) is 46.3 Å². The van der Waals surface area contributed by atoms with Gasteiger partial charge in [-0.15, -0.1) is 0 Å². The fourth-order valence-electron chi connectivity index (χ4n) is 1.85. The van der Waals surface area contributed by atoms with Gasteiger partial charge in [0, 0.05) is 23.7 Å². The Hall–Kier alpha value is -2.50. The second-order valence-corrected chi connectivity index (χ2v) is 4.38. The van der Waals surface area contributed by atoms with Gasteiger partial charge >= 0.3 is 11.7 Å². The highest BCUT2D eigenvalue weighted by Crippen LogP contribution is 2.25. The molecule has 0 amide bonds. The van der Waals surface area contributed by atoms with Crippen molar-refractivity contribution in [3.8, 4) is 11.3 Å². The van der Waals surface area contributed by atoms with Crippen molar-refractivity contribution < 1.29 is 9.90 Å². The molecule has 0 saturated carbocycles. The lowest BCUT2D eigenvalue weighted by Crippen LogP contribution is -2.20. The number of aromatic carboxylic acids is 1. The van der Waals surface area contributed by atoms with E-state index in [1.165, 1.54) is 6.20 Å². The molecule has 2 aromatic rings. The molecule has 2 N–H and O–H groups in total. The Kier molecular flexibility index (Phi) is 3.41. The summed E-state index contributed by atoms with van der Waals surface area (Å²) in [6.07, 6.45) is 3.05. The van der Waals surface area contributed by atoms with E-state index in [1.54, 1.807) is 18.3 Å². The second-order valence-electron chi connectivity index (χ2n) is 4.38. The van der Waals surface area contributed by atoms with Gasteiger partial charge in [0.1, 0.15) is 5.56 Å². The Morgan fingerprint density at radius 2 is 2.16 bits per heavy atom. The molecule has 0 saturated heterocycles. The van der Waals surface area contributed by atoms with Crippen LogP contribution in [-0.2, 0) is 0 Å². The number of hydrogen-bond donors (Lipinski definition) is 2. The molecule has 0 bridgehead atoms. The standard InChI is InChI=1S/C13H13N3O3/c1-7(2)10-9(12(17)18)11(16-13(19)15-10)8-4-3-5-14-6-8/h3-7H,1-2H3,(H,17,18)(H,15,16,19). The van der Waals surface area contributed by atoms with E-state index in [4.69, 9.17) is 0 Å². The van der Waals surface area contributed by atoms with Crippen molar-refractivity contribution in [3.63, 3.8) is 0 Å². The largest absolute Gasteiger partial charge is 0.478 e. The fraction of sp³-hybridized carbons (Fsp3) is 0.231. The molecule has 0 fully saturated rings. The average molecular weight is 259 g/mol. The van der Waals surface area contributed by atoms with Gasteiger partial charge in [0.15, 0.2) is 0 Å². The third-order valence-electron chi connectivity index (χ3n) is 2.69. The first-order valence-electron chi connectivity index (χ1n) is 5.78. The summed E-state index contributed by atoms with van der Waals surface area (Å²) in [7, 11) is 0. The number of H-pyrrole nitrogens is 1. The minimum atomic E-state index is -1.12. The maximum atomic E-state index is 11.6. The zero-order chi connectivity index (χ0) is 14.0. The Labute approximate surface area is 109 Å². The summed E-state index contributed by atoms with van der Waals surface area (Å²) in [6.45, 7) is 3.62. The van der Waals surface area contributed by atoms with Crippen LogP contribution in [0.15, 0.2) is 29.3 Å². The van der Waals surface area contributed by atoms with Gasteiger partial charge < -0.3 is 10.1 Å². The van der Waals surface area contributed by atoms with Crippen molar-refractivity contribution in [2.24, 2.45) is 0 Å². The molecule has 0 atom stereocenters. The number of carbonyl (C=O) groups is 1. The van der Waals surface area contributed by atoms with Gasteiger partial charge in [-0.25, -0.2) is 9.59 Å². The number of rotatable bonds is 3. The molecule has 0 aliphatic carbocycles. The van der Waals surface area contributed by atoms with Gasteiger partial charge in [-0.3, -0.25) is 4.98 Å². The summed E-state index contributed by atoms with van der Waals surface area (Å²) in [5.74, 6) is -1.25. The van der Waals surface area contributed by atoms with Crippen molar-refractivity contribution >= 4 is 5.97 Å². The van der Waals surface area contributed by atoms with Crippen molar-refractivity contribution in [1.82, 2.24) is 15.0 Å². The summed E-state index contributed by atoms with van der Waals surface area (Å²) in [4.78, 5) is 33.2. The SMILES string of the molecule is CC(C)c1[nH]c(=O)nc(-c2cccnc2)c1C(=O)O. The van der Waals surface area contributed by atoms with Gasteiger partial charge in [0.05, 0.1) is 5.69 Å². The van der Waals surface area contributed by atoms with Crippen LogP contribution in [0.25, 0.3) is 11.3 Å². The predicted molar refractivity (Wildman–Crippen MR) is 69.1 cm³/mol. The van der Waals surface area contributed by atoms with Gasteiger partial charge in [0.25, 0.3) is 0 Å². The van der Waals surface area contributed by atoms with Gasteiger partial charge in [-0.05, 0) is 18.1 Å². The summed E-state index contributed by atoms with van der Waals surface area (Å²) < 4.78 is 0. The number of carboxylic acid groups (broad SMARTS) is 1. The minimum absolute atomic E-state index is 0.0163. The molecule has 0 aliphatic rings. The Balaban J connectivity index is 2.80. The molecule has 0 aliphatic heterocycles. The fourth-order valence-corrected chi connectivity index (χ4v) is 1.85. The van der Waals surface area contributed by atoms with Crippen LogP contribution in [0.5, 0.6) is 0 Å². The zero-order valence-corrected chi connectivity index (χ0v) is 10.5. The van der Waals surface area contributed by atoms with E-state index in [2.05, 4.69) is 15.0 Å². The molecular weight excluding hydrogens is 246 g/mol. The lowest BCUT2D eigenvalue weighted by Gasteiger charge is -2.12. The maximum absolute atomic E-state index is 11.6. The highest BCUT2D eigenvalue weighted by atomic mass is 16.4. The first kappa shape index (κ1) is 12.9. The number of nitrogens with one attached hydrogen (secondary N) is 1. The Morgan fingerprint density at radius 3 is 2.68 bits per heavy atom. The second kappa shape index (κ2) is 5.01. The topological polar surface area (TPSA) is 95.9 Å². The number of carboxylic acids is 1. The van der Waals surface area contributed by atoms with Crippen LogP contribution < -0.4 is 5.69 Å². The van der Waals surface area contributed by atoms with Crippen LogP contribution in [-0.4, -0.2) is 26.0 Å². The molecule has 0 aromatic carbocycles. The van der Waals surface area contributed by atoms with Crippen molar-refractivity contribution in [2.45, 2.75) is 19.8 Å². The van der Waals surface area contributed by atoms with Gasteiger partial charge in [0.2, 0.25) is 0 Å². The van der Waals surface area contributed by atoms with Crippen molar-refractivity contribution in [1.29, 1.82) is 0 Å². The first-order valence-corrected chi connectivity index (χ1v) is 5.78. The minimum Gasteiger partial charge on any atom is -0.478 e. The van der Waals surface area contributed by atoms with E-state index in [1.807, 2.05) is 13.8 Å². The number of aromatic amines is 1. The number of pyridine rings is 1. The molecule has 2 aromatic heterocycles. The highest BCUT2D eigenvalue weighted by Gasteiger charge is 2.21. The lowest BCUT2D eigenvalue weighted by atomic mass is 9.99. The molecule has 6 heteroatoms. The monoisotopic (exact) mass is 259 g/mol. The van der Waals surface area contributed by atoms with E-state index in [0.29, 0.717) is 11.3 Å². The van der Waals surface area contributed by atoms with Crippen LogP contribution in [0.2, 0.25) is 0 Å².